The number of furan rings is 1. The maximum Gasteiger partial charge on any atom is 0.418 e. The van der Waals surface area contributed by atoms with Gasteiger partial charge < -0.3 is 4.42 Å². The van der Waals surface area contributed by atoms with Gasteiger partial charge in [-0.15, -0.1) is 0 Å². The number of benzene rings is 1. The normalized spacial score (nSPS) is 12.5. The number of hydrazone groups is 1. The van der Waals surface area contributed by atoms with Crippen molar-refractivity contribution >= 4 is 11.4 Å². The highest BCUT2D eigenvalue weighted by Gasteiger charge is 2.33. The summed E-state index contributed by atoms with van der Waals surface area (Å²) >= 11 is 0. The Balaban J connectivity index is 2.23. The summed E-state index contributed by atoms with van der Waals surface area (Å²) in [6.45, 7) is 1.64. The molecule has 0 saturated heterocycles. The Kier molecular flexibility index (Phi) is 3.59. The van der Waals surface area contributed by atoms with Crippen molar-refractivity contribution in [2.24, 2.45) is 5.10 Å². The number of hydrogen-bond donors (Lipinski definition) is 1. The lowest BCUT2D eigenvalue weighted by Gasteiger charge is -2.11. The van der Waals surface area contributed by atoms with Gasteiger partial charge in [0.2, 0.25) is 0 Å². The van der Waals surface area contributed by atoms with E-state index in [1.54, 1.807) is 19.1 Å². The first-order chi connectivity index (χ1) is 8.98. The van der Waals surface area contributed by atoms with Crippen LogP contribution in [0, 0.1) is 0 Å². The lowest BCUT2D eigenvalue weighted by atomic mass is 10.2. The van der Waals surface area contributed by atoms with E-state index in [1.165, 1.54) is 24.5 Å². The minimum Gasteiger partial charge on any atom is -0.463 e. The number of rotatable bonds is 3. The van der Waals surface area contributed by atoms with Crippen LogP contribution < -0.4 is 5.43 Å². The van der Waals surface area contributed by atoms with Crippen LogP contribution in [0.2, 0.25) is 0 Å². The molecule has 2 rings (SSSR count). The van der Waals surface area contributed by atoms with Gasteiger partial charge in [0.1, 0.15) is 11.5 Å². The summed E-state index contributed by atoms with van der Waals surface area (Å²) in [5.74, 6) is 0.497. The van der Waals surface area contributed by atoms with Gasteiger partial charge >= 0.3 is 6.18 Å². The number of nitrogens with one attached hydrogen (secondary N) is 1. The third kappa shape index (κ3) is 3.15. The van der Waals surface area contributed by atoms with Gasteiger partial charge in [0.05, 0.1) is 17.5 Å². The number of alkyl halides is 3. The Hall–Kier alpha value is -2.24. The molecule has 1 aromatic heterocycles. The second kappa shape index (κ2) is 5.17. The van der Waals surface area contributed by atoms with E-state index in [2.05, 4.69) is 10.5 Å². The molecule has 6 heteroatoms. The van der Waals surface area contributed by atoms with Crippen LogP contribution in [0.5, 0.6) is 0 Å². The van der Waals surface area contributed by atoms with Gasteiger partial charge in [-0.1, -0.05) is 12.1 Å². The predicted molar refractivity (Wildman–Crippen MR) is 66.0 cm³/mol. The van der Waals surface area contributed by atoms with Crippen LogP contribution in [0.15, 0.2) is 52.2 Å². The molecule has 1 N–H and O–H groups in total. The second-order valence-electron chi connectivity index (χ2n) is 3.83. The fourth-order valence-corrected chi connectivity index (χ4v) is 1.51. The van der Waals surface area contributed by atoms with Crippen LogP contribution >= 0.6 is 0 Å². The Morgan fingerprint density at radius 3 is 2.53 bits per heavy atom. The van der Waals surface area contributed by atoms with Crippen molar-refractivity contribution in [2.45, 2.75) is 13.1 Å². The predicted octanol–water partition coefficient (Wildman–Crippen LogP) is 4.13. The first-order valence-corrected chi connectivity index (χ1v) is 5.49. The zero-order chi connectivity index (χ0) is 13.9. The van der Waals surface area contributed by atoms with Crippen molar-refractivity contribution in [3.8, 4) is 0 Å². The Morgan fingerprint density at radius 1 is 1.16 bits per heavy atom. The molecule has 0 spiro atoms. The number of hydrogen-bond acceptors (Lipinski definition) is 3. The molecule has 19 heavy (non-hydrogen) atoms. The minimum atomic E-state index is -4.42. The quantitative estimate of drug-likeness (QED) is 0.671. The summed E-state index contributed by atoms with van der Waals surface area (Å²) in [4.78, 5) is 0. The molecule has 100 valence electrons. The van der Waals surface area contributed by atoms with E-state index < -0.39 is 11.7 Å². The van der Waals surface area contributed by atoms with E-state index in [0.29, 0.717) is 11.5 Å². The van der Waals surface area contributed by atoms with Gasteiger partial charge in [-0.25, -0.2) is 0 Å². The van der Waals surface area contributed by atoms with E-state index in [0.717, 1.165) is 6.07 Å². The van der Waals surface area contributed by atoms with Gasteiger partial charge in [0, 0.05) is 0 Å². The molecule has 0 aliphatic rings. The summed E-state index contributed by atoms with van der Waals surface area (Å²) < 4.78 is 43.3. The molecule has 0 aliphatic carbocycles. The van der Waals surface area contributed by atoms with Crippen LogP contribution in [0.4, 0.5) is 18.9 Å². The van der Waals surface area contributed by atoms with E-state index in [-0.39, 0.29) is 5.69 Å². The lowest BCUT2D eigenvalue weighted by Crippen LogP contribution is -2.09. The molecule has 2 aromatic rings. The van der Waals surface area contributed by atoms with Crippen molar-refractivity contribution in [1.29, 1.82) is 0 Å². The van der Waals surface area contributed by atoms with E-state index >= 15 is 0 Å². The molecule has 0 fully saturated rings. The Morgan fingerprint density at radius 2 is 1.89 bits per heavy atom. The summed E-state index contributed by atoms with van der Waals surface area (Å²) in [6.07, 6.45) is -2.95. The maximum absolute atomic E-state index is 12.7. The summed E-state index contributed by atoms with van der Waals surface area (Å²) in [5, 5.41) is 3.88. The molecule has 0 bridgehead atoms. The summed E-state index contributed by atoms with van der Waals surface area (Å²) in [6, 6.07) is 8.52. The van der Waals surface area contributed by atoms with Crippen molar-refractivity contribution in [2.75, 3.05) is 5.43 Å². The van der Waals surface area contributed by atoms with Crippen LogP contribution in [0.25, 0.3) is 0 Å². The largest absolute Gasteiger partial charge is 0.463 e. The zero-order valence-corrected chi connectivity index (χ0v) is 10.0. The third-order valence-corrected chi connectivity index (χ3v) is 2.45. The molecule has 0 unspecified atom stereocenters. The molecule has 0 atom stereocenters. The molecular weight excluding hydrogens is 257 g/mol. The van der Waals surface area contributed by atoms with Crippen LogP contribution in [-0.2, 0) is 6.18 Å². The molecule has 0 amide bonds. The Labute approximate surface area is 107 Å². The highest BCUT2D eigenvalue weighted by atomic mass is 19.4. The van der Waals surface area contributed by atoms with Gasteiger partial charge in [-0.3, -0.25) is 5.43 Å². The molecular formula is C13H11F3N2O. The molecule has 1 aromatic carbocycles. The fourth-order valence-electron chi connectivity index (χ4n) is 1.51. The number of anilines is 1. The lowest BCUT2D eigenvalue weighted by molar-refractivity contribution is -0.136. The first-order valence-electron chi connectivity index (χ1n) is 5.49. The van der Waals surface area contributed by atoms with E-state index in [1.807, 2.05) is 0 Å². The van der Waals surface area contributed by atoms with E-state index in [9.17, 15) is 13.2 Å². The third-order valence-electron chi connectivity index (χ3n) is 2.45. The smallest absolute Gasteiger partial charge is 0.418 e. The second-order valence-corrected chi connectivity index (χ2v) is 3.83. The van der Waals surface area contributed by atoms with Gasteiger partial charge in [-0.05, 0) is 31.2 Å². The molecule has 3 nitrogen and oxygen atoms in total. The SMILES string of the molecule is C/C(=N\Nc1ccccc1C(F)(F)F)c1ccco1. The van der Waals surface area contributed by atoms with Crippen molar-refractivity contribution in [1.82, 2.24) is 0 Å². The minimum absolute atomic E-state index is 0.0964. The monoisotopic (exact) mass is 268 g/mol. The molecule has 1 heterocycles. The number of para-hydroxylation sites is 1. The average Bonchev–Trinajstić information content (AvgIpc) is 2.89. The Bertz CT molecular complexity index is 574. The summed E-state index contributed by atoms with van der Waals surface area (Å²) in [5.41, 5.74) is 2.02. The topological polar surface area (TPSA) is 37.5 Å². The highest BCUT2D eigenvalue weighted by molar-refractivity contribution is 5.96. The van der Waals surface area contributed by atoms with Gasteiger partial charge in [0.25, 0.3) is 0 Å². The van der Waals surface area contributed by atoms with Crippen molar-refractivity contribution in [3.05, 3.63) is 54.0 Å². The molecule has 0 radical (unpaired) electrons. The van der Waals surface area contributed by atoms with E-state index in [4.69, 9.17) is 4.42 Å². The average molecular weight is 268 g/mol. The van der Waals surface area contributed by atoms with Crippen LogP contribution in [-0.4, -0.2) is 5.71 Å². The summed E-state index contributed by atoms with van der Waals surface area (Å²) in [7, 11) is 0. The zero-order valence-electron chi connectivity index (χ0n) is 10.0. The van der Waals surface area contributed by atoms with Gasteiger partial charge in [-0.2, -0.15) is 18.3 Å². The maximum atomic E-state index is 12.7. The molecule has 0 saturated carbocycles. The first kappa shape index (κ1) is 13.2. The number of nitrogens with zero attached hydrogens (tertiary/aromatic N) is 1. The van der Waals surface area contributed by atoms with Gasteiger partial charge in [0.15, 0.2) is 0 Å². The number of halogens is 3. The molecule has 0 aliphatic heterocycles. The van der Waals surface area contributed by atoms with Crippen LogP contribution in [0.3, 0.4) is 0 Å². The van der Waals surface area contributed by atoms with Crippen molar-refractivity contribution in [3.63, 3.8) is 0 Å². The fraction of sp³-hybridized carbons (Fsp3) is 0.154. The van der Waals surface area contributed by atoms with Crippen molar-refractivity contribution < 1.29 is 17.6 Å². The standard InChI is InChI=1S/C13H11F3N2O/c1-9(12-7-4-8-19-12)17-18-11-6-3-2-5-10(11)13(14,15)16/h2-8,18H,1H3/b17-9+. The van der Waals surface area contributed by atoms with Crippen LogP contribution in [0.1, 0.15) is 18.2 Å². The highest BCUT2D eigenvalue weighted by Crippen LogP contribution is 2.34.